The second-order valence-corrected chi connectivity index (χ2v) is 5.95. The van der Waals surface area contributed by atoms with Gasteiger partial charge in [0.05, 0.1) is 6.04 Å². The summed E-state index contributed by atoms with van der Waals surface area (Å²) in [5.74, 6) is 0. The third kappa shape index (κ3) is 4.88. The standard InChI is InChI=1S/C16H16Cl2N2S/c1-11(14-8-7-13(17)9-15(14)18)20-16(21)19-10-12-5-3-2-4-6-12/h2-9,11H,10H2,1H3,(H2,19,20,21)/t11-/m1/s1. The van der Waals surface area contributed by atoms with Crippen LogP contribution in [0.5, 0.6) is 0 Å². The number of hydrogen-bond donors (Lipinski definition) is 2. The van der Waals surface area contributed by atoms with Crippen molar-refractivity contribution in [1.29, 1.82) is 0 Å². The lowest BCUT2D eigenvalue weighted by Gasteiger charge is -2.18. The van der Waals surface area contributed by atoms with E-state index in [0.717, 1.165) is 5.56 Å². The summed E-state index contributed by atoms with van der Waals surface area (Å²) in [6.07, 6.45) is 0. The maximum absolute atomic E-state index is 6.19. The molecule has 1 atom stereocenters. The van der Waals surface area contributed by atoms with Gasteiger partial charge in [0.25, 0.3) is 0 Å². The molecule has 21 heavy (non-hydrogen) atoms. The van der Waals surface area contributed by atoms with Crippen LogP contribution in [0.15, 0.2) is 48.5 Å². The lowest BCUT2D eigenvalue weighted by Crippen LogP contribution is -2.36. The first-order valence-electron chi connectivity index (χ1n) is 6.59. The minimum absolute atomic E-state index is 0.00513. The van der Waals surface area contributed by atoms with E-state index in [1.54, 1.807) is 6.07 Å². The summed E-state index contributed by atoms with van der Waals surface area (Å²) in [4.78, 5) is 0. The van der Waals surface area contributed by atoms with E-state index < -0.39 is 0 Å². The van der Waals surface area contributed by atoms with Crippen molar-refractivity contribution < 1.29 is 0 Å². The largest absolute Gasteiger partial charge is 0.359 e. The SMILES string of the molecule is C[C@@H](NC(=S)NCc1ccccc1)c1ccc(Cl)cc1Cl. The molecule has 0 fully saturated rings. The third-order valence-corrected chi connectivity index (χ3v) is 3.90. The molecular weight excluding hydrogens is 323 g/mol. The van der Waals surface area contributed by atoms with Gasteiger partial charge in [0.1, 0.15) is 0 Å². The van der Waals surface area contributed by atoms with Gasteiger partial charge in [-0.15, -0.1) is 0 Å². The van der Waals surface area contributed by atoms with E-state index in [9.17, 15) is 0 Å². The lowest BCUT2D eigenvalue weighted by atomic mass is 10.1. The van der Waals surface area contributed by atoms with Crippen LogP contribution in [-0.2, 0) is 6.54 Å². The van der Waals surface area contributed by atoms with Crippen LogP contribution >= 0.6 is 35.4 Å². The van der Waals surface area contributed by atoms with Crippen LogP contribution in [-0.4, -0.2) is 5.11 Å². The molecule has 0 spiro atoms. The fourth-order valence-corrected chi connectivity index (χ4v) is 2.78. The van der Waals surface area contributed by atoms with Gasteiger partial charge in [0, 0.05) is 16.6 Å². The first kappa shape index (κ1) is 16.1. The molecule has 0 amide bonds. The van der Waals surface area contributed by atoms with Crippen molar-refractivity contribution >= 4 is 40.5 Å². The zero-order valence-corrected chi connectivity index (χ0v) is 13.9. The van der Waals surface area contributed by atoms with E-state index in [1.807, 2.05) is 37.3 Å². The number of rotatable bonds is 4. The van der Waals surface area contributed by atoms with Gasteiger partial charge in [-0.2, -0.15) is 0 Å². The molecule has 0 aliphatic rings. The number of benzene rings is 2. The molecule has 0 radical (unpaired) electrons. The Bertz CT molecular complexity index is 617. The zero-order valence-electron chi connectivity index (χ0n) is 11.6. The summed E-state index contributed by atoms with van der Waals surface area (Å²) in [6.45, 7) is 2.69. The van der Waals surface area contributed by atoms with Crippen molar-refractivity contribution in [2.24, 2.45) is 0 Å². The summed E-state index contributed by atoms with van der Waals surface area (Å²) in [7, 11) is 0. The summed E-state index contributed by atoms with van der Waals surface area (Å²) in [6, 6.07) is 15.6. The minimum atomic E-state index is 0.00513. The second-order valence-electron chi connectivity index (χ2n) is 4.70. The van der Waals surface area contributed by atoms with Gasteiger partial charge in [-0.05, 0) is 42.4 Å². The van der Waals surface area contributed by atoms with E-state index >= 15 is 0 Å². The lowest BCUT2D eigenvalue weighted by molar-refractivity contribution is 0.698. The van der Waals surface area contributed by atoms with E-state index in [4.69, 9.17) is 35.4 Å². The summed E-state index contributed by atoms with van der Waals surface area (Å²) in [5.41, 5.74) is 2.14. The van der Waals surface area contributed by atoms with E-state index in [2.05, 4.69) is 22.8 Å². The first-order chi connectivity index (χ1) is 10.1. The van der Waals surface area contributed by atoms with Gasteiger partial charge in [-0.1, -0.05) is 59.6 Å². The Morgan fingerprint density at radius 1 is 1.14 bits per heavy atom. The Hall–Kier alpha value is -1.29. The highest BCUT2D eigenvalue weighted by Crippen LogP contribution is 2.25. The average molecular weight is 339 g/mol. The van der Waals surface area contributed by atoms with Crippen LogP contribution in [0, 0.1) is 0 Å². The number of halogens is 2. The summed E-state index contributed by atoms with van der Waals surface area (Å²) in [5, 5.41) is 8.25. The van der Waals surface area contributed by atoms with Crippen LogP contribution < -0.4 is 10.6 Å². The average Bonchev–Trinajstić information content (AvgIpc) is 2.46. The van der Waals surface area contributed by atoms with Crippen molar-refractivity contribution in [2.45, 2.75) is 19.5 Å². The molecule has 2 N–H and O–H groups in total. The van der Waals surface area contributed by atoms with Gasteiger partial charge >= 0.3 is 0 Å². The van der Waals surface area contributed by atoms with Gasteiger partial charge < -0.3 is 10.6 Å². The quantitative estimate of drug-likeness (QED) is 0.789. The molecule has 0 saturated carbocycles. The van der Waals surface area contributed by atoms with Crippen LogP contribution in [0.25, 0.3) is 0 Å². The van der Waals surface area contributed by atoms with Crippen molar-refractivity contribution in [3.05, 3.63) is 69.7 Å². The van der Waals surface area contributed by atoms with Crippen LogP contribution in [0.2, 0.25) is 10.0 Å². The Morgan fingerprint density at radius 2 is 1.86 bits per heavy atom. The van der Waals surface area contributed by atoms with Crippen molar-refractivity contribution in [1.82, 2.24) is 10.6 Å². The molecule has 0 aromatic heterocycles. The topological polar surface area (TPSA) is 24.1 Å². The second kappa shape index (κ2) is 7.64. The molecule has 2 rings (SSSR count). The highest BCUT2D eigenvalue weighted by molar-refractivity contribution is 7.80. The molecule has 2 aromatic carbocycles. The number of thiocarbonyl (C=S) groups is 1. The third-order valence-electron chi connectivity index (χ3n) is 3.07. The highest BCUT2D eigenvalue weighted by Gasteiger charge is 2.11. The van der Waals surface area contributed by atoms with Gasteiger partial charge in [0.15, 0.2) is 5.11 Å². The molecule has 5 heteroatoms. The van der Waals surface area contributed by atoms with Crippen LogP contribution in [0.3, 0.4) is 0 Å². The minimum Gasteiger partial charge on any atom is -0.359 e. The van der Waals surface area contributed by atoms with E-state index in [-0.39, 0.29) is 6.04 Å². The van der Waals surface area contributed by atoms with Crippen molar-refractivity contribution in [3.8, 4) is 0 Å². The first-order valence-corrected chi connectivity index (χ1v) is 7.76. The highest BCUT2D eigenvalue weighted by atomic mass is 35.5. The molecule has 0 heterocycles. The normalized spacial score (nSPS) is 11.8. The molecule has 0 bridgehead atoms. The van der Waals surface area contributed by atoms with Gasteiger partial charge in [0.2, 0.25) is 0 Å². The monoisotopic (exact) mass is 338 g/mol. The van der Waals surface area contributed by atoms with Gasteiger partial charge in [-0.3, -0.25) is 0 Å². The van der Waals surface area contributed by atoms with Crippen LogP contribution in [0.1, 0.15) is 24.1 Å². The zero-order chi connectivity index (χ0) is 15.2. The molecule has 0 aliphatic heterocycles. The molecule has 2 aromatic rings. The van der Waals surface area contributed by atoms with E-state index in [1.165, 1.54) is 5.56 Å². The Kier molecular flexibility index (Phi) is 5.85. The fourth-order valence-electron chi connectivity index (χ4n) is 1.96. The van der Waals surface area contributed by atoms with Crippen molar-refractivity contribution in [2.75, 3.05) is 0 Å². The molecule has 0 aliphatic carbocycles. The predicted molar refractivity (Wildman–Crippen MR) is 93.9 cm³/mol. The molecule has 2 nitrogen and oxygen atoms in total. The Balaban J connectivity index is 1.90. The summed E-state index contributed by atoms with van der Waals surface area (Å²) < 4.78 is 0. The molecule has 110 valence electrons. The van der Waals surface area contributed by atoms with E-state index in [0.29, 0.717) is 21.7 Å². The maximum atomic E-state index is 6.19. The fraction of sp³-hybridized carbons (Fsp3) is 0.188. The molecular formula is C16H16Cl2N2S. The smallest absolute Gasteiger partial charge is 0.167 e. The Morgan fingerprint density at radius 3 is 2.52 bits per heavy atom. The molecule has 0 unspecified atom stereocenters. The predicted octanol–water partition coefficient (Wildman–Crippen LogP) is 4.72. The van der Waals surface area contributed by atoms with Gasteiger partial charge in [-0.25, -0.2) is 0 Å². The molecule has 0 saturated heterocycles. The number of nitrogens with one attached hydrogen (secondary N) is 2. The summed E-state index contributed by atoms with van der Waals surface area (Å²) >= 11 is 17.4. The Labute approximate surface area is 140 Å². The maximum Gasteiger partial charge on any atom is 0.167 e. The number of hydrogen-bond acceptors (Lipinski definition) is 1. The van der Waals surface area contributed by atoms with Crippen molar-refractivity contribution in [3.63, 3.8) is 0 Å². The van der Waals surface area contributed by atoms with Crippen LogP contribution in [0.4, 0.5) is 0 Å².